The van der Waals surface area contributed by atoms with Crippen LogP contribution in [-0.2, 0) is 6.54 Å². The Labute approximate surface area is 122 Å². The fraction of sp³-hybridized carbons (Fsp3) is 0.200. The first-order valence-corrected chi connectivity index (χ1v) is 6.94. The number of nitrogens with zero attached hydrogens (tertiary/aromatic N) is 3. The summed E-state index contributed by atoms with van der Waals surface area (Å²) in [7, 11) is 0. The van der Waals surface area contributed by atoms with E-state index < -0.39 is 0 Å². The molecule has 0 fully saturated rings. The lowest BCUT2D eigenvalue weighted by Gasteiger charge is -2.00. The highest BCUT2D eigenvalue weighted by Gasteiger charge is 2.11. The van der Waals surface area contributed by atoms with Crippen LogP contribution in [0.5, 0.6) is 0 Å². The van der Waals surface area contributed by atoms with Crippen LogP contribution in [-0.4, -0.2) is 21.3 Å². The zero-order chi connectivity index (χ0) is 13.9. The molecule has 2 heterocycles. The van der Waals surface area contributed by atoms with Crippen molar-refractivity contribution in [1.82, 2.24) is 14.8 Å². The van der Waals surface area contributed by atoms with Gasteiger partial charge in [0.1, 0.15) is 5.69 Å². The standard InChI is InChI=1S/C15H15ClN4/c16-12-4-2-11(3-5-12)15-13-10-18-8-6-14(13)20(19-15)9-1-7-17/h2-6,8,10H,1,7,9,17H2. The van der Waals surface area contributed by atoms with Crippen LogP contribution in [0.25, 0.3) is 22.2 Å². The fourth-order valence-corrected chi connectivity index (χ4v) is 2.38. The van der Waals surface area contributed by atoms with E-state index in [1.807, 2.05) is 41.2 Å². The largest absolute Gasteiger partial charge is 0.330 e. The van der Waals surface area contributed by atoms with E-state index in [0.717, 1.165) is 40.1 Å². The summed E-state index contributed by atoms with van der Waals surface area (Å²) >= 11 is 5.94. The number of hydrogen-bond acceptors (Lipinski definition) is 3. The molecule has 4 nitrogen and oxygen atoms in total. The lowest BCUT2D eigenvalue weighted by molar-refractivity contribution is 0.604. The van der Waals surface area contributed by atoms with Crippen molar-refractivity contribution in [1.29, 1.82) is 0 Å². The number of halogens is 1. The highest BCUT2D eigenvalue weighted by atomic mass is 35.5. The van der Waals surface area contributed by atoms with Crippen molar-refractivity contribution in [3.63, 3.8) is 0 Å². The maximum Gasteiger partial charge on any atom is 0.102 e. The van der Waals surface area contributed by atoms with Crippen LogP contribution in [0.4, 0.5) is 0 Å². The average Bonchev–Trinajstić information content (AvgIpc) is 2.85. The van der Waals surface area contributed by atoms with Gasteiger partial charge in [-0.15, -0.1) is 0 Å². The summed E-state index contributed by atoms with van der Waals surface area (Å²) in [5.41, 5.74) is 8.64. The van der Waals surface area contributed by atoms with Crippen molar-refractivity contribution in [2.45, 2.75) is 13.0 Å². The molecule has 2 aromatic heterocycles. The Morgan fingerprint density at radius 2 is 1.95 bits per heavy atom. The first kappa shape index (κ1) is 13.1. The number of nitrogens with two attached hydrogens (primary N) is 1. The molecule has 0 atom stereocenters. The van der Waals surface area contributed by atoms with Crippen LogP contribution in [0.15, 0.2) is 42.7 Å². The minimum absolute atomic E-state index is 0.655. The van der Waals surface area contributed by atoms with Crippen molar-refractivity contribution < 1.29 is 0 Å². The number of rotatable bonds is 4. The average molecular weight is 287 g/mol. The molecule has 5 heteroatoms. The Bertz CT molecular complexity index is 718. The SMILES string of the molecule is NCCCn1nc(-c2ccc(Cl)cc2)c2cnccc21. The maximum absolute atomic E-state index is 5.94. The molecule has 102 valence electrons. The van der Waals surface area contributed by atoms with E-state index in [2.05, 4.69) is 4.98 Å². The summed E-state index contributed by atoms with van der Waals surface area (Å²) in [5.74, 6) is 0. The molecule has 20 heavy (non-hydrogen) atoms. The molecule has 1 aromatic carbocycles. The van der Waals surface area contributed by atoms with Crippen LogP contribution in [0.2, 0.25) is 5.02 Å². The molecule has 0 aliphatic carbocycles. The smallest absolute Gasteiger partial charge is 0.102 e. The van der Waals surface area contributed by atoms with Gasteiger partial charge >= 0.3 is 0 Å². The summed E-state index contributed by atoms with van der Waals surface area (Å²) < 4.78 is 1.99. The fourth-order valence-electron chi connectivity index (χ4n) is 2.26. The molecule has 0 aliphatic heterocycles. The molecule has 0 spiro atoms. The zero-order valence-corrected chi connectivity index (χ0v) is 11.7. The van der Waals surface area contributed by atoms with Crippen molar-refractivity contribution in [2.24, 2.45) is 5.73 Å². The Morgan fingerprint density at radius 3 is 2.70 bits per heavy atom. The van der Waals surface area contributed by atoms with E-state index in [1.165, 1.54) is 0 Å². The molecule has 3 aromatic rings. The quantitative estimate of drug-likeness (QED) is 0.802. The van der Waals surface area contributed by atoms with E-state index in [1.54, 1.807) is 6.20 Å². The van der Waals surface area contributed by atoms with Crippen molar-refractivity contribution in [3.8, 4) is 11.3 Å². The normalized spacial score (nSPS) is 11.1. The molecular formula is C15H15ClN4. The molecular weight excluding hydrogens is 272 g/mol. The van der Waals surface area contributed by atoms with E-state index >= 15 is 0 Å². The van der Waals surface area contributed by atoms with Gasteiger partial charge in [-0.25, -0.2) is 0 Å². The molecule has 0 bridgehead atoms. The minimum atomic E-state index is 0.655. The first-order chi connectivity index (χ1) is 9.79. The second-order valence-electron chi connectivity index (χ2n) is 4.61. The van der Waals surface area contributed by atoms with Gasteiger partial charge in [0, 0.05) is 34.9 Å². The van der Waals surface area contributed by atoms with Crippen LogP contribution in [0, 0.1) is 0 Å². The molecule has 2 N–H and O–H groups in total. The van der Waals surface area contributed by atoms with Crippen molar-refractivity contribution in [3.05, 3.63) is 47.7 Å². The maximum atomic E-state index is 5.94. The number of hydrogen-bond donors (Lipinski definition) is 1. The number of aromatic nitrogens is 3. The highest BCUT2D eigenvalue weighted by molar-refractivity contribution is 6.30. The van der Waals surface area contributed by atoms with Crippen molar-refractivity contribution >= 4 is 22.5 Å². The van der Waals surface area contributed by atoms with Crippen LogP contribution < -0.4 is 5.73 Å². The lowest BCUT2D eigenvalue weighted by Crippen LogP contribution is -2.06. The Balaban J connectivity index is 2.13. The summed E-state index contributed by atoms with van der Waals surface area (Å²) in [6.07, 6.45) is 4.54. The van der Waals surface area contributed by atoms with Gasteiger partial charge in [-0.2, -0.15) is 5.10 Å². The summed E-state index contributed by atoms with van der Waals surface area (Å²) in [6.45, 7) is 1.47. The molecule has 0 aliphatic rings. The number of fused-ring (bicyclic) bond motifs is 1. The minimum Gasteiger partial charge on any atom is -0.330 e. The highest BCUT2D eigenvalue weighted by Crippen LogP contribution is 2.28. The van der Waals surface area contributed by atoms with Gasteiger partial charge in [-0.1, -0.05) is 23.7 Å². The molecule has 3 rings (SSSR count). The molecule has 0 amide bonds. The van der Waals surface area contributed by atoms with Gasteiger partial charge in [0.05, 0.1) is 5.52 Å². The summed E-state index contributed by atoms with van der Waals surface area (Å²) in [5, 5.41) is 6.47. The predicted octanol–water partition coefficient (Wildman–Crippen LogP) is 3.10. The number of benzene rings is 1. The number of pyridine rings is 1. The summed E-state index contributed by atoms with van der Waals surface area (Å²) in [6, 6.07) is 9.68. The Morgan fingerprint density at radius 1 is 1.15 bits per heavy atom. The van der Waals surface area contributed by atoms with Gasteiger partial charge in [-0.3, -0.25) is 9.67 Å². The van der Waals surface area contributed by atoms with Gasteiger partial charge in [0.25, 0.3) is 0 Å². The molecule has 0 unspecified atom stereocenters. The second kappa shape index (κ2) is 5.61. The zero-order valence-electron chi connectivity index (χ0n) is 11.0. The van der Waals surface area contributed by atoms with Crippen LogP contribution in [0.1, 0.15) is 6.42 Å². The third kappa shape index (κ3) is 2.40. The van der Waals surface area contributed by atoms with Crippen LogP contribution >= 0.6 is 11.6 Å². The summed E-state index contributed by atoms with van der Waals surface area (Å²) in [4.78, 5) is 4.21. The number of aryl methyl sites for hydroxylation is 1. The van der Waals surface area contributed by atoms with Gasteiger partial charge in [0.2, 0.25) is 0 Å². The van der Waals surface area contributed by atoms with Gasteiger partial charge in [-0.05, 0) is 31.2 Å². The Kier molecular flexibility index (Phi) is 3.67. The molecule has 0 saturated heterocycles. The van der Waals surface area contributed by atoms with E-state index in [9.17, 15) is 0 Å². The van der Waals surface area contributed by atoms with E-state index in [-0.39, 0.29) is 0 Å². The third-order valence-corrected chi connectivity index (χ3v) is 3.50. The van der Waals surface area contributed by atoms with Gasteiger partial charge in [0.15, 0.2) is 0 Å². The first-order valence-electron chi connectivity index (χ1n) is 6.56. The van der Waals surface area contributed by atoms with Crippen LogP contribution in [0.3, 0.4) is 0 Å². The third-order valence-electron chi connectivity index (χ3n) is 3.24. The molecule has 0 saturated carbocycles. The van der Waals surface area contributed by atoms with E-state index in [0.29, 0.717) is 6.54 Å². The monoisotopic (exact) mass is 286 g/mol. The molecule has 0 radical (unpaired) electrons. The van der Waals surface area contributed by atoms with Crippen molar-refractivity contribution in [2.75, 3.05) is 6.54 Å². The topological polar surface area (TPSA) is 56.7 Å². The van der Waals surface area contributed by atoms with E-state index in [4.69, 9.17) is 22.4 Å². The van der Waals surface area contributed by atoms with Gasteiger partial charge < -0.3 is 5.73 Å². The second-order valence-corrected chi connectivity index (χ2v) is 5.05. The Hall–Kier alpha value is -1.91. The lowest BCUT2D eigenvalue weighted by atomic mass is 10.1. The predicted molar refractivity (Wildman–Crippen MR) is 81.6 cm³/mol.